The Morgan fingerprint density at radius 1 is 1.35 bits per heavy atom. The molecule has 2 N–H and O–H groups in total. The number of carbonyl (C=O) groups excluding carboxylic acids is 1. The summed E-state index contributed by atoms with van der Waals surface area (Å²) < 4.78 is 7.35. The Balaban J connectivity index is 1.56. The summed E-state index contributed by atoms with van der Waals surface area (Å²) in [5.74, 6) is 0. The van der Waals surface area contributed by atoms with Crippen LogP contribution in [-0.2, 0) is 17.7 Å². The molecule has 1 aromatic carbocycles. The number of nitrogens with one attached hydrogen (secondary N) is 2. The lowest BCUT2D eigenvalue weighted by Gasteiger charge is -2.24. The lowest BCUT2D eigenvalue weighted by Crippen LogP contribution is -2.39. The van der Waals surface area contributed by atoms with Crippen LogP contribution in [0.2, 0.25) is 0 Å². The standard InChI is InChI=1S/C20H28N4O2/c1-2-26-13-7-12-21-20(25)23-18-10-6-11-19-17(18)14-22-24(19)15-16-8-4-3-5-9-16/h3-5,8-9,14,18H,2,6-7,10-13,15H2,1H3,(H2,21,23,25). The molecule has 2 amide bonds. The zero-order valence-corrected chi connectivity index (χ0v) is 15.4. The number of fused-ring (bicyclic) bond motifs is 1. The van der Waals surface area contributed by atoms with Gasteiger partial charge in [0.25, 0.3) is 0 Å². The van der Waals surface area contributed by atoms with Crippen molar-refractivity contribution in [1.82, 2.24) is 20.4 Å². The Kier molecular flexibility index (Phi) is 6.66. The van der Waals surface area contributed by atoms with Crippen LogP contribution in [0.4, 0.5) is 4.79 Å². The van der Waals surface area contributed by atoms with Gasteiger partial charge >= 0.3 is 6.03 Å². The van der Waals surface area contributed by atoms with E-state index in [4.69, 9.17) is 4.74 Å². The van der Waals surface area contributed by atoms with Crippen LogP contribution in [0.25, 0.3) is 0 Å². The third-order valence-electron chi connectivity index (χ3n) is 4.70. The third kappa shape index (κ3) is 4.85. The summed E-state index contributed by atoms with van der Waals surface area (Å²) in [6, 6.07) is 10.3. The first kappa shape index (κ1) is 18.5. The second-order valence-electron chi connectivity index (χ2n) is 6.59. The van der Waals surface area contributed by atoms with Gasteiger partial charge in [-0.2, -0.15) is 5.10 Å². The van der Waals surface area contributed by atoms with Crippen LogP contribution in [-0.4, -0.2) is 35.6 Å². The highest BCUT2D eigenvalue weighted by atomic mass is 16.5. The molecule has 3 rings (SSSR count). The van der Waals surface area contributed by atoms with E-state index in [1.807, 2.05) is 31.3 Å². The summed E-state index contributed by atoms with van der Waals surface area (Å²) in [5, 5.41) is 10.6. The number of hydrogen-bond acceptors (Lipinski definition) is 3. The van der Waals surface area contributed by atoms with Gasteiger partial charge in [0, 0.05) is 31.0 Å². The molecule has 1 atom stereocenters. The Morgan fingerprint density at radius 3 is 3.00 bits per heavy atom. The first-order valence-electron chi connectivity index (χ1n) is 9.48. The van der Waals surface area contributed by atoms with E-state index in [1.54, 1.807) is 0 Å². The van der Waals surface area contributed by atoms with E-state index in [1.165, 1.54) is 11.3 Å². The van der Waals surface area contributed by atoms with Gasteiger partial charge in [-0.15, -0.1) is 0 Å². The molecule has 1 heterocycles. The van der Waals surface area contributed by atoms with Crippen LogP contribution in [0.5, 0.6) is 0 Å². The molecule has 140 valence electrons. The molecule has 6 nitrogen and oxygen atoms in total. The monoisotopic (exact) mass is 356 g/mol. The molecular formula is C20H28N4O2. The third-order valence-corrected chi connectivity index (χ3v) is 4.70. The van der Waals surface area contributed by atoms with Crippen molar-refractivity contribution in [3.8, 4) is 0 Å². The van der Waals surface area contributed by atoms with Gasteiger partial charge in [0.1, 0.15) is 0 Å². The topological polar surface area (TPSA) is 68.2 Å². The molecule has 2 aromatic rings. The quantitative estimate of drug-likeness (QED) is 0.715. The number of aromatic nitrogens is 2. The number of carbonyl (C=O) groups is 1. The summed E-state index contributed by atoms with van der Waals surface area (Å²) in [6.45, 7) is 4.75. The molecule has 1 unspecified atom stereocenters. The van der Waals surface area contributed by atoms with E-state index < -0.39 is 0 Å². The predicted molar refractivity (Wildman–Crippen MR) is 101 cm³/mol. The van der Waals surface area contributed by atoms with Crippen molar-refractivity contribution in [2.45, 2.75) is 45.2 Å². The molecule has 0 bridgehead atoms. The molecule has 0 aliphatic heterocycles. The number of rotatable bonds is 8. The second kappa shape index (κ2) is 9.38. The van der Waals surface area contributed by atoms with Gasteiger partial charge in [-0.1, -0.05) is 30.3 Å². The highest BCUT2D eigenvalue weighted by molar-refractivity contribution is 5.74. The predicted octanol–water partition coefficient (Wildman–Crippen LogP) is 3.03. The lowest BCUT2D eigenvalue weighted by atomic mass is 9.93. The van der Waals surface area contributed by atoms with Crippen LogP contribution in [0.15, 0.2) is 36.5 Å². The van der Waals surface area contributed by atoms with Crippen molar-refractivity contribution >= 4 is 6.03 Å². The molecule has 1 aliphatic rings. The first-order valence-corrected chi connectivity index (χ1v) is 9.48. The fraction of sp³-hybridized carbons (Fsp3) is 0.500. The van der Waals surface area contributed by atoms with E-state index >= 15 is 0 Å². The molecule has 1 aliphatic carbocycles. The summed E-state index contributed by atoms with van der Waals surface area (Å²) in [6.07, 6.45) is 5.76. The lowest BCUT2D eigenvalue weighted by molar-refractivity contribution is 0.145. The molecule has 6 heteroatoms. The van der Waals surface area contributed by atoms with Crippen LogP contribution in [0.1, 0.15) is 49.0 Å². The minimum absolute atomic E-state index is 0.0372. The summed E-state index contributed by atoms with van der Waals surface area (Å²) in [5.41, 5.74) is 3.62. The average Bonchev–Trinajstić information content (AvgIpc) is 3.06. The zero-order chi connectivity index (χ0) is 18.2. The van der Waals surface area contributed by atoms with Crippen molar-refractivity contribution in [2.75, 3.05) is 19.8 Å². The van der Waals surface area contributed by atoms with Crippen molar-refractivity contribution in [3.05, 3.63) is 53.3 Å². The molecule has 1 aromatic heterocycles. The smallest absolute Gasteiger partial charge is 0.315 e. The highest BCUT2D eigenvalue weighted by Crippen LogP contribution is 2.29. The maximum Gasteiger partial charge on any atom is 0.315 e. The van der Waals surface area contributed by atoms with Gasteiger partial charge < -0.3 is 15.4 Å². The van der Waals surface area contributed by atoms with Gasteiger partial charge in [0.15, 0.2) is 0 Å². The van der Waals surface area contributed by atoms with E-state index in [9.17, 15) is 4.79 Å². The molecule has 0 saturated heterocycles. The van der Waals surface area contributed by atoms with Crippen molar-refractivity contribution in [1.29, 1.82) is 0 Å². The molecule has 0 fully saturated rings. The zero-order valence-electron chi connectivity index (χ0n) is 15.4. The molecule has 26 heavy (non-hydrogen) atoms. The van der Waals surface area contributed by atoms with Gasteiger partial charge in [-0.05, 0) is 38.2 Å². The largest absolute Gasteiger partial charge is 0.382 e. The van der Waals surface area contributed by atoms with Gasteiger partial charge in [0.05, 0.1) is 18.8 Å². The number of hydrogen-bond donors (Lipinski definition) is 2. The Morgan fingerprint density at radius 2 is 2.19 bits per heavy atom. The Bertz CT molecular complexity index is 699. The minimum Gasteiger partial charge on any atom is -0.382 e. The number of amides is 2. The maximum atomic E-state index is 12.2. The van der Waals surface area contributed by atoms with Crippen LogP contribution >= 0.6 is 0 Å². The normalized spacial score (nSPS) is 16.1. The second-order valence-corrected chi connectivity index (χ2v) is 6.59. The molecule has 0 saturated carbocycles. The fourth-order valence-corrected chi connectivity index (χ4v) is 3.39. The molecule has 0 radical (unpaired) electrons. The highest BCUT2D eigenvalue weighted by Gasteiger charge is 2.25. The van der Waals surface area contributed by atoms with E-state index in [-0.39, 0.29) is 12.1 Å². The Labute approximate surface area is 154 Å². The van der Waals surface area contributed by atoms with E-state index in [2.05, 4.69) is 32.5 Å². The van der Waals surface area contributed by atoms with Crippen molar-refractivity contribution in [2.24, 2.45) is 0 Å². The molecule has 0 spiro atoms. The van der Waals surface area contributed by atoms with Crippen LogP contribution in [0.3, 0.4) is 0 Å². The van der Waals surface area contributed by atoms with Crippen molar-refractivity contribution < 1.29 is 9.53 Å². The minimum atomic E-state index is -0.116. The number of urea groups is 1. The van der Waals surface area contributed by atoms with Gasteiger partial charge in [0.2, 0.25) is 0 Å². The van der Waals surface area contributed by atoms with Crippen LogP contribution in [0, 0.1) is 0 Å². The first-order chi connectivity index (χ1) is 12.8. The average molecular weight is 356 g/mol. The fourth-order valence-electron chi connectivity index (χ4n) is 3.39. The van der Waals surface area contributed by atoms with Crippen LogP contribution < -0.4 is 10.6 Å². The SMILES string of the molecule is CCOCCCNC(=O)NC1CCCc2c1cnn2Cc1ccccc1. The van der Waals surface area contributed by atoms with Gasteiger partial charge in [-0.3, -0.25) is 4.68 Å². The van der Waals surface area contributed by atoms with Crippen molar-refractivity contribution in [3.63, 3.8) is 0 Å². The summed E-state index contributed by atoms with van der Waals surface area (Å²) in [4.78, 5) is 12.2. The summed E-state index contributed by atoms with van der Waals surface area (Å²) in [7, 11) is 0. The number of nitrogens with zero attached hydrogens (tertiary/aromatic N) is 2. The Hall–Kier alpha value is -2.34. The molecular weight excluding hydrogens is 328 g/mol. The number of benzene rings is 1. The maximum absolute atomic E-state index is 12.2. The van der Waals surface area contributed by atoms with Gasteiger partial charge in [-0.25, -0.2) is 4.79 Å². The van der Waals surface area contributed by atoms with E-state index in [0.29, 0.717) is 19.8 Å². The summed E-state index contributed by atoms with van der Waals surface area (Å²) >= 11 is 0. The number of ether oxygens (including phenoxy) is 1. The van der Waals surface area contributed by atoms with E-state index in [0.717, 1.165) is 37.8 Å².